The van der Waals surface area contributed by atoms with E-state index in [1.165, 1.54) is 0 Å². The van der Waals surface area contributed by atoms with Gasteiger partial charge in [-0.05, 0) is 50.2 Å². The second kappa shape index (κ2) is 8.32. The van der Waals surface area contributed by atoms with Crippen molar-refractivity contribution in [3.8, 4) is 5.69 Å². The molecule has 0 amide bonds. The van der Waals surface area contributed by atoms with Crippen molar-refractivity contribution in [3.63, 3.8) is 0 Å². The van der Waals surface area contributed by atoms with Gasteiger partial charge in [-0.1, -0.05) is 18.2 Å². The van der Waals surface area contributed by atoms with Gasteiger partial charge in [0.15, 0.2) is 5.78 Å². The maximum atomic E-state index is 13.1. The van der Waals surface area contributed by atoms with Crippen LogP contribution in [0.15, 0.2) is 59.4 Å². The minimum Gasteiger partial charge on any atom is -0.369 e. The quantitative estimate of drug-likeness (QED) is 0.614. The number of rotatable bonds is 5. The van der Waals surface area contributed by atoms with Crippen LogP contribution in [-0.4, -0.2) is 46.2 Å². The number of anilines is 1. The van der Waals surface area contributed by atoms with Crippen molar-refractivity contribution in [2.75, 3.05) is 31.1 Å². The van der Waals surface area contributed by atoms with Gasteiger partial charge in [-0.15, -0.1) is 0 Å². The number of nitrogens with zero attached hydrogens (tertiary/aromatic N) is 4. The topological polar surface area (TPSA) is 50.5 Å². The Kier molecular flexibility index (Phi) is 5.59. The summed E-state index contributed by atoms with van der Waals surface area (Å²) in [5, 5.41) is 0. The van der Waals surface area contributed by atoms with Crippen LogP contribution in [-0.2, 0) is 13.6 Å². The van der Waals surface area contributed by atoms with E-state index in [0.29, 0.717) is 6.54 Å². The number of carbonyl (C=O) groups excluding carboxylic acids is 1. The number of hydrogen-bond donors (Lipinski definition) is 0. The number of carbonyl (C=O) groups is 1. The lowest BCUT2D eigenvalue weighted by atomic mass is 10.1. The first-order chi connectivity index (χ1) is 14.5. The van der Waals surface area contributed by atoms with Crippen molar-refractivity contribution < 1.29 is 4.79 Å². The van der Waals surface area contributed by atoms with Crippen LogP contribution in [0.2, 0.25) is 0 Å². The fraction of sp³-hybridized carbons (Fsp3) is 0.333. The highest BCUT2D eigenvalue weighted by molar-refractivity contribution is 5.94. The Morgan fingerprint density at radius 3 is 2.13 bits per heavy atom. The third kappa shape index (κ3) is 3.83. The number of para-hydroxylation sites is 1. The van der Waals surface area contributed by atoms with Gasteiger partial charge in [-0.2, -0.15) is 0 Å². The van der Waals surface area contributed by atoms with Gasteiger partial charge in [0.05, 0.1) is 11.3 Å². The molecule has 0 unspecified atom stereocenters. The third-order valence-electron chi connectivity index (χ3n) is 6.07. The number of hydrogen-bond acceptors (Lipinski definition) is 4. The van der Waals surface area contributed by atoms with E-state index < -0.39 is 0 Å². The largest absolute Gasteiger partial charge is 0.369 e. The molecule has 1 aliphatic heterocycles. The van der Waals surface area contributed by atoms with Gasteiger partial charge >= 0.3 is 0 Å². The maximum Gasteiger partial charge on any atom is 0.276 e. The molecule has 0 bridgehead atoms. The third-order valence-corrected chi connectivity index (χ3v) is 6.07. The number of ketones is 1. The van der Waals surface area contributed by atoms with Crippen molar-refractivity contribution in [3.05, 3.63) is 81.8 Å². The van der Waals surface area contributed by atoms with Crippen molar-refractivity contribution >= 4 is 11.5 Å². The molecule has 30 heavy (non-hydrogen) atoms. The molecule has 1 aliphatic rings. The number of piperazine rings is 1. The number of aromatic nitrogens is 2. The summed E-state index contributed by atoms with van der Waals surface area (Å²) >= 11 is 0. The molecule has 1 saturated heterocycles. The van der Waals surface area contributed by atoms with E-state index in [2.05, 4.69) is 9.80 Å². The molecule has 0 spiro atoms. The Morgan fingerprint density at radius 1 is 0.900 bits per heavy atom. The van der Waals surface area contributed by atoms with E-state index in [9.17, 15) is 9.59 Å². The molecule has 0 atom stereocenters. The van der Waals surface area contributed by atoms with Crippen LogP contribution >= 0.6 is 0 Å². The predicted molar refractivity (Wildman–Crippen MR) is 120 cm³/mol. The summed E-state index contributed by atoms with van der Waals surface area (Å²) in [5.74, 6) is 0.0887. The second-order valence-corrected chi connectivity index (χ2v) is 7.91. The molecule has 6 heteroatoms. The van der Waals surface area contributed by atoms with Crippen LogP contribution in [0.1, 0.15) is 28.5 Å². The zero-order valence-corrected chi connectivity index (χ0v) is 17.8. The first-order valence-corrected chi connectivity index (χ1v) is 10.4. The Balaban J connectivity index is 1.46. The van der Waals surface area contributed by atoms with Crippen LogP contribution < -0.4 is 10.5 Å². The van der Waals surface area contributed by atoms with Crippen molar-refractivity contribution in [1.82, 2.24) is 14.3 Å². The Hall–Kier alpha value is -3.12. The van der Waals surface area contributed by atoms with E-state index >= 15 is 0 Å². The average molecular weight is 405 g/mol. The first kappa shape index (κ1) is 20.2. The molecule has 1 aromatic heterocycles. The zero-order valence-electron chi connectivity index (χ0n) is 17.8. The lowest BCUT2D eigenvalue weighted by Crippen LogP contribution is -2.46. The van der Waals surface area contributed by atoms with Crippen LogP contribution in [0.25, 0.3) is 5.69 Å². The monoisotopic (exact) mass is 404 g/mol. The summed E-state index contributed by atoms with van der Waals surface area (Å²) in [5.41, 5.74) is 4.70. The first-order valence-electron chi connectivity index (χ1n) is 10.4. The van der Waals surface area contributed by atoms with E-state index in [1.807, 2.05) is 73.3 Å². The van der Waals surface area contributed by atoms with Gasteiger partial charge < -0.3 is 4.90 Å². The van der Waals surface area contributed by atoms with Crippen LogP contribution in [0.5, 0.6) is 0 Å². The summed E-state index contributed by atoms with van der Waals surface area (Å²) in [6.07, 6.45) is 0. The van der Waals surface area contributed by atoms with Gasteiger partial charge in [0.25, 0.3) is 5.56 Å². The zero-order chi connectivity index (χ0) is 21.3. The average Bonchev–Trinajstić information content (AvgIpc) is 2.98. The summed E-state index contributed by atoms with van der Waals surface area (Å²) in [7, 11) is 1.94. The molecule has 156 valence electrons. The highest BCUT2D eigenvalue weighted by atomic mass is 16.1. The lowest BCUT2D eigenvalue weighted by Gasteiger charge is -2.36. The lowest BCUT2D eigenvalue weighted by molar-refractivity contribution is 0.101. The van der Waals surface area contributed by atoms with Gasteiger partial charge in [0.1, 0.15) is 0 Å². The van der Waals surface area contributed by atoms with E-state index in [0.717, 1.165) is 54.4 Å². The van der Waals surface area contributed by atoms with Gasteiger partial charge in [-0.25, -0.2) is 4.68 Å². The van der Waals surface area contributed by atoms with Gasteiger partial charge in [0, 0.05) is 56.7 Å². The van der Waals surface area contributed by atoms with E-state index in [4.69, 9.17) is 0 Å². The number of Topliss-reactive ketones (excluding diaryl/α,β-unsaturated/α-hetero) is 1. The van der Waals surface area contributed by atoms with Crippen molar-refractivity contribution in [2.24, 2.45) is 7.05 Å². The normalized spacial score (nSPS) is 14.8. The summed E-state index contributed by atoms with van der Waals surface area (Å²) in [6.45, 7) is 7.86. The minimum atomic E-state index is 0.0588. The standard InChI is InChI=1S/C24H28N4O2/c1-18-23(24(30)28(25(18)3)22-7-5-4-6-8-22)17-26-13-15-27(16-14-26)21-11-9-20(10-12-21)19(2)29/h4-12H,13-17H2,1-3H3. The molecule has 3 aromatic rings. The smallest absolute Gasteiger partial charge is 0.276 e. The molecule has 0 N–H and O–H groups in total. The molecule has 2 heterocycles. The molecule has 0 radical (unpaired) electrons. The molecule has 0 saturated carbocycles. The highest BCUT2D eigenvalue weighted by Gasteiger charge is 2.22. The molecule has 4 rings (SSSR count). The fourth-order valence-corrected chi connectivity index (χ4v) is 4.10. The minimum absolute atomic E-state index is 0.0588. The molecular formula is C24H28N4O2. The summed E-state index contributed by atoms with van der Waals surface area (Å²) in [4.78, 5) is 29.3. The molecule has 0 aliphatic carbocycles. The predicted octanol–water partition coefficient (Wildman–Crippen LogP) is 3.01. The SMILES string of the molecule is CC(=O)c1ccc(N2CCN(Cc3c(C)n(C)n(-c4ccccc4)c3=O)CC2)cc1. The van der Waals surface area contributed by atoms with Crippen molar-refractivity contribution in [1.29, 1.82) is 0 Å². The molecule has 1 fully saturated rings. The van der Waals surface area contributed by atoms with Crippen LogP contribution in [0, 0.1) is 6.92 Å². The second-order valence-electron chi connectivity index (χ2n) is 7.91. The maximum absolute atomic E-state index is 13.1. The van der Waals surface area contributed by atoms with Crippen molar-refractivity contribution in [2.45, 2.75) is 20.4 Å². The Bertz CT molecular complexity index is 1090. The van der Waals surface area contributed by atoms with E-state index in [1.54, 1.807) is 11.6 Å². The van der Waals surface area contributed by atoms with Gasteiger partial charge in [0.2, 0.25) is 0 Å². The summed E-state index contributed by atoms with van der Waals surface area (Å²) in [6, 6.07) is 17.6. The van der Waals surface area contributed by atoms with E-state index in [-0.39, 0.29) is 11.3 Å². The van der Waals surface area contributed by atoms with Crippen LogP contribution in [0.3, 0.4) is 0 Å². The molecule has 6 nitrogen and oxygen atoms in total. The molecular weight excluding hydrogens is 376 g/mol. The van der Waals surface area contributed by atoms with Gasteiger partial charge in [-0.3, -0.25) is 19.2 Å². The summed E-state index contributed by atoms with van der Waals surface area (Å²) < 4.78 is 3.69. The Labute approximate surface area is 176 Å². The number of benzene rings is 2. The van der Waals surface area contributed by atoms with Crippen LogP contribution in [0.4, 0.5) is 5.69 Å². The fourth-order valence-electron chi connectivity index (χ4n) is 4.10. The highest BCUT2D eigenvalue weighted by Crippen LogP contribution is 2.19. The molecule has 2 aromatic carbocycles. The Morgan fingerprint density at radius 2 is 1.53 bits per heavy atom.